The van der Waals surface area contributed by atoms with Crippen LogP contribution in [0.1, 0.15) is 26.7 Å². The molecule has 0 aliphatic carbocycles. The molecule has 0 unspecified atom stereocenters. The van der Waals surface area contributed by atoms with E-state index in [4.69, 9.17) is 14.2 Å². The first-order valence-electron chi connectivity index (χ1n) is 6.80. The van der Waals surface area contributed by atoms with Gasteiger partial charge in [-0.3, -0.25) is 14.2 Å². The predicted molar refractivity (Wildman–Crippen MR) is 72.9 cm³/mol. The van der Waals surface area contributed by atoms with Gasteiger partial charge in [0.05, 0.1) is 13.2 Å². The average molecular weight is 307 g/mol. The third-order valence-corrected chi connectivity index (χ3v) is 5.14. The minimum Gasteiger partial charge on any atom is -0.480 e. The number of hydrogen-bond acceptors (Lipinski definition) is 6. The van der Waals surface area contributed by atoms with Crippen LogP contribution < -0.4 is 5.32 Å². The quantitative estimate of drug-likeness (QED) is 0.651. The maximum absolute atomic E-state index is 12.3. The molecule has 1 fully saturated rings. The number of hydrogen-bond donors (Lipinski definition) is 2. The molecular formula is C12H22NO6P. The number of rotatable bonds is 8. The summed E-state index contributed by atoms with van der Waals surface area (Å²) in [5, 5.41) is 11.9. The highest BCUT2D eigenvalue weighted by molar-refractivity contribution is 7.54. The van der Waals surface area contributed by atoms with Crippen molar-refractivity contribution in [2.24, 2.45) is 5.92 Å². The summed E-state index contributed by atoms with van der Waals surface area (Å²) in [5.41, 5.74) is 0. The standard InChI is InChI=1S/C12H22NO6P/c1-3-18-20(17,19-4-2)8-10(14)9-6-5-7-13-11(9)12(15)16/h9,11,13H,3-8H2,1-2H3,(H,15,16)/t9-,11-/m0/s1. The molecule has 2 N–H and O–H groups in total. The maximum Gasteiger partial charge on any atom is 0.338 e. The van der Waals surface area contributed by atoms with E-state index in [1.165, 1.54) is 0 Å². The van der Waals surface area contributed by atoms with Crippen molar-refractivity contribution in [3.8, 4) is 0 Å². The zero-order valence-corrected chi connectivity index (χ0v) is 12.7. The highest BCUT2D eigenvalue weighted by atomic mass is 31.2. The lowest BCUT2D eigenvalue weighted by Crippen LogP contribution is -2.50. The van der Waals surface area contributed by atoms with E-state index >= 15 is 0 Å². The van der Waals surface area contributed by atoms with E-state index in [1.807, 2.05) is 0 Å². The van der Waals surface area contributed by atoms with Gasteiger partial charge < -0.3 is 19.5 Å². The molecule has 0 bridgehead atoms. The largest absolute Gasteiger partial charge is 0.480 e. The van der Waals surface area contributed by atoms with Crippen molar-refractivity contribution >= 4 is 19.3 Å². The van der Waals surface area contributed by atoms with Crippen molar-refractivity contribution in [1.29, 1.82) is 0 Å². The molecule has 2 atom stereocenters. The summed E-state index contributed by atoms with van der Waals surface area (Å²) in [7, 11) is -3.47. The number of carbonyl (C=O) groups excluding carboxylic acids is 1. The van der Waals surface area contributed by atoms with Crippen LogP contribution >= 0.6 is 7.60 Å². The molecule has 0 amide bonds. The number of carbonyl (C=O) groups is 2. The Morgan fingerprint density at radius 1 is 1.30 bits per heavy atom. The molecule has 1 heterocycles. The topological polar surface area (TPSA) is 102 Å². The van der Waals surface area contributed by atoms with Crippen molar-refractivity contribution in [3.05, 3.63) is 0 Å². The first-order chi connectivity index (χ1) is 9.43. The fourth-order valence-electron chi connectivity index (χ4n) is 2.32. The van der Waals surface area contributed by atoms with Crippen molar-refractivity contribution in [2.75, 3.05) is 25.9 Å². The molecular weight excluding hydrogens is 285 g/mol. The molecule has 0 spiro atoms. The number of nitrogens with one attached hydrogen (secondary N) is 1. The van der Waals surface area contributed by atoms with Crippen LogP contribution in [-0.4, -0.2) is 48.8 Å². The number of Topliss-reactive ketones (excluding diaryl/α,β-unsaturated/α-hetero) is 1. The monoisotopic (exact) mass is 307 g/mol. The van der Waals surface area contributed by atoms with Crippen LogP contribution in [0.25, 0.3) is 0 Å². The van der Waals surface area contributed by atoms with Crippen LogP contribution in [-0.2, 0) is 23.2 Å². The van der Waals surface area contributed by atoms with Crippen molar-refractivity contribution in [3.63, 3.8) is 0 Å². The highest BCUT2D eigenvalue weighted by Gasteiger charge is 2.39. The lowest BCUT2D eigenvalue weighted by molar-refractivity contribution is -0.144. The Balaban J connectivity index is 2.76. The summed E-state index contributed by atoms with van der Waals surface area (Å²) in [6, 6.07) is -0.923. The van der Waals surface area contributed by atoms with Crippen molar-refractivity contribution in [1.82, 2.24) is 5.32 Å². The third-order valence-electron chi connectivity index (χ3n) is 3.14. The van der Waals surface area contributed by atoms with E-state index in [0.717, 1.165) is 0 Å². The van der Waals surface area contributed by atoms with Crippen LogP contribution in [0, 0.1) is 5.92 Å². The second kappa shape index (κ2) is 7.88. The summed E-state index contributed by atoms with van der Waals surface area (Å²) < 4.78 is 22.5. The molecule has 0 radical (unpaired) electrons. The normalized spacial score (nSPS) is 23.5. The van der Waals surface area contributed by atoms with Crippen LogP contribution in [0.15, 0.2) is 0 Å². The fraction of sp³-hybridized carbons (Fsp3) is 0.833. The van der Waals surface area contributed by atoms with E-state index in [2.05, 4.69) is 5.32 Å². The van der Waals surface area contributed by atoms with Gasteiger partial charge in [0.2, 0.25) is 0 Å². The van der Waals surface area contributed by atoms with Gasteiger partial charge in [-0.15, -0.1) is 0 Å². The van der Waals surface area contributed by atoms with Crippen LogP contribution in [0.4, 0.5) is 0 Å². The second-order valence-electron chi connectivity index (χ2n) is 4.59. The van der Waals surface area contributed by atoms with Gasteiger partial charge in [-0.2, -0.15) is 0 Å². The van der Waals surface area contributed by atoms with Gasteiger partial charge in [-0.1, -0.05) is 0 Å². The summed E-state index contributed by atoms with van der Waals surface area (Å²) in [6.07, 6.45) is 0.819. The molecule has 1 aliphatic heterocycles. The number of aliphatic carboxylic acids is 1. The highest BCUT2D eigenvalue weighted by Crippen LogP contribution is 2.48. The molecule has 1 saturated heterocycles. The van der Waals surface area contributed by atoms with Gasteiger partial charge in [0, 0.05) is 5.92 Å². The van der Waals surface area contributed by atoms with E-state index in [1.54, 1.807) is 13.8 Å². The maximum atomic E-state index is 12.3. The van der Waals surface area contributed by atoms with Crippen LogP contribution in [0.3, 0.4) is 0 Å². The molecule has 0 aromatic carbocycles. The Kier molecular flexibility index (Phi) is 6.82. The van der Waals surface area contributed by atoms with Crippen LogP contribution in [0.5, 0.6) is 0 Å². The van der Waals surface area contributed by atoms with E-state index < -0.39 is 25.5 Å². The molecule has 0 aromatic heterocycles. The lowest BCUT2D eigenvalue weighted by Gasteiger charge is -2.29. The second-order valence-corrected chi connectivity index (χ2v) is 6.64. The lowest BCUT2D eigenvalue weighted by atomic mass is 9.88. The van der Waals surface area contributed by atoms with Gasteiger partial charge in [-0.05, 0) is 33.2 Å². The molecule has 20 heavy (non-hydrogen) atoms. The van der Waals surface area contributed by atoms with E-state index in [0.29, 0.717) is 19.4 Å². The molecule has 0 aromatic rings. The Bertz CT molecular complexity index is 389. The zero-order valence-electron chi connectivity index (χ0n) is 11.8. The smallest absolute Gasteiger partial charge is 0.338 e. The van der Waals surface area contributed by atoms with Crippen LogP contribution in [0.2, 0.25) is 0 Å². The predicted octanol–water partition coefficient (Wildman–Crippen LogP) is 1.27. The first-order valence-corrected chi connectivity index (χ1v) is 8.53. The fourth-order valence-corrected chi connectivity index (χ4v) is 3.98. The Morgan fingerprint density at radius 2 is 1.90 bits per heavy atom. The minimum absolute atomic E-state index is 0.176. The van der Waals surface area contributed by atoms with Gasteiger partial charge in [0.25, 0.3) is 0 Å². The summed E-state index contributed by atoms with van der Waals surface area (Å²) in [5.74, 6) is -2.13. The zero-order chi connectivity index (χ0) is 15.2. The van der Waals surface area contributed by atoms with Crippen molar-refractivity contribution < 1.29 is 28.3 Å². The summed E-state index contributed by atoms with van der Waals surface area (Å²) in [4.78, 5) is 23.4. The Labute approximate surface area is 118 Å². The first kappa shape index (κ1) is 17.3. The summed E-state index contributed by atoms with van der Waals surface area (Å²) in [6.45, 7) is 4.25. The van der Waals surface area contributed by atoms with Gasteiger partial charge in [-0.25, -0.2) is 0 Å². The summed E-state index contributed by atoms with van der Waals surface area (Å²) >= 11 is 0. The number of piperidine rings is 1. The van der Waals surface area contributed by atoms with E-state index in [-0.39, 0.29) is 25.2 Å². The molecule has 1 aliphatic rings. The molecule has 116 valence electrons. The van der Waals surface area contributed by atoms with Gasteiger partial charge in [0.1, 0.15) is 18.0 Å². The number of carboxylic acids is 1. The number of ketones is 1. The van der Waals surface area contributed by atoms with Gasteiger partial charge in [0.15, 0.2) is 0 Å². The molecule has 0 saturated carbocycles. The van der Waals surface area contributed by atoms with E-state index in [9.17, 15) is 14.2 Å². The SMILES string of the molecule is CCOP(=O)(CC(=O)[C@@H]1CCCN[C@@H]1C(=O)O)OCC. The minimum atomic E-state index is -3.47. The van der Waals surface area contributed by atoms with Gasteiger partial charge >= 0.3 is 13.6 Å². The third kappa shape index (κ3) is 4.66. The Hall–Kier alpha value is -0.750. The number of carboxylic acid groups (broad SMARTS) is 1. The molecule has 1 rings (SSSR count). The average Bonchev–Trinajstić information content (AvgIpc) is 2.38. The molecule has 8 heteroatoms. The Morgan fingerprint density at radius 3 is 2.40 bits per heavy atom. The molecule has 7 nitrogen and oxygen atoms in total. The van der Waals surface area contributed by atoms with Crippen molar-refractivity contribution in [2.45, 2.75) is 32.7 Å².